The van der Waals surface area contributed by atoms with Crippen LogP contribution in [0.25, 0.3) is 0 Å². The zero-order chi connectivity index (χ0) is 14.5. The summed E-state index contributed by atoms with van der Waals surface area (Å²) in [5.74, 6) is 0. The maximum absolute atomic E-state index is 4.12. The van der Waals surface area contributed by atoms with Crippen molar-refractivity contribution in [3.05, 3.63) is 59.9 Å². The van der Waals surface area contributed by atoms with E-state index in [-0.39, 0.29) is 0 Å². The Balaban J connectivity index is 1.71. The van der Waals surface area contributed by atoms with E-state index in [0.29, 0.717) is 11.3 Å². The Labute approximate surface area is 131 Å². The smallest absolute Gasteiger partial charge is 0.0292 e. The van der Waals surface area contributed by atoms with Crippen LogP contribution in [0.2, 0.25) is 0 Å². The first-order valence-corrected chi connectivity index (χ1v) is 8.61. The van der Waals surface area contributed by atoms with E-state index >= 15 is 0 Å². The molecule has 2 atom stereocenters. The van der Waals surface area contributed by atoms with Gasteiger partial charge in [0.05, 0.1) is 0 Å². The van der Waals surface area contributed by atoms with Crippen molar-refractivity contribution in [3.8, 4) is 0 Å². The van der Waals surface area contributed by atoms with Gasteiger partial charge >= 0.3 is 0 Å². The summed E-state index contributed by atoms with van der Waals surface area (Å²) in [4.78, 5) is 5.58. The number of nitrogens with one attached hydrogen (secondary N) is 1. The Morgan fingerprint density at radius 2 is 2.05 bits per heavy atom. The monoisotopic (exact) mass is 298 g/mol. The molecule has 0 amide bonds. The number of rotatable bonds is 6. The van der Waals surface area contributed by atoms with Gasteiger partial charge in [0.1, 0.15) is 0 Å². The average Bonchev–Trinajstić information content (AvgIpc) is 2.96. The van der Waals surface area contributed by atoms with Crippen LogP contribution >= 0.6 is 11.8 Å². The molecule has 2 heterocycles. The maximum atomic E-state index is 4.12. The Bertz CT molecular complexity index is 545. The SMILES string of the molecule is CCCNC(Cc1ccncc1)C1Cc2ccccc2S1. The van der Waals surface area contributed by atoms with Crippen LogP contribution < -0.4 is 5.32 Å². The number of hydrogen-bond acceptors (Lipinski definition) is 3. The molecule has 1 aliphatic rings. The predicted molar refractivity (Wildman–Crippen MR) is 89.8 cm³/mol. The third kappa shape index (κ3) is 3.66. The van der Waals surface area contributed by atoms with Crippen molar-refractivity contribution in [2.24, 2.45) is 0 Å². The van der Waals surface area contributed by atoms with Crippen molar-refractivity contribution in [3.63, 3.8) is 0 Å². The zero-order valence-corrected chi connectivity index (χ0v) is 13.3. The number of nitrogens with zero attached hydrogens (tertiary/aromatic N) is 1. The third-order valence-electron chi connectivity index (χ3n) is 3.98. The summed E-state index contributed by atoms with van der Waals surface area (Å²) in [7, 11) is 0. The molecule has 1 aromatic heterocycles. The minimum Gasteiger partial charge on any atom is -0.313 e. The summed E-state index contributed by atoms with van der Waals surface area (Å²) < 4.78 is 0. The van der Waals surface area contributed by atoms with Crippen LogP contribution in [0.3, 0.4) is 0 Å². The highest BCUT2D eigenvalue weighted by Gasteiger charge is 2.29. The molecular formula is C18H22N2S. The van der Waals surface area contributed by atoms with Crippen molar-refractivity contribution in [1.29, 1.82) is 0 Å². The van der Waals surface area contributed by atoms with E-state index in [2.05, 4.69) is 53.6 Å². The molecule has 2 unspecified atom stereocenters. The molecule has 110 valence electrons. The molecule has 1 aromatic carbocycles. The van der Waals surface area contributed by atoms with E-state index < -0.39 is 0 Å². The first-order chi connectivity index (χ1) is 10.4. The Morgan fingerprint density at radius 1 is 1.24 bits per heavy atom. The van der Waals surface area contributed by atoms with Crippen molar-refractivity contribution in [2.45, 2.75) is 42.4 Å². The van der Waals surface area contributed by atoms with Crippen LogP contribution in [0.15, 0.2) is 53.7 Å². The largest absolute Gasteiger partial charge is 0.313 e. The normalized spacial score (nSPS) is 18.4. The van der Waals surface area contributed by atoms with E-state index in [1.807, 2.05) is 24.2 Å². The fourth-order valence-electron chi connectivity index (χ4n) is 2.87. The maximum Gasteiger partial charge on any atom is 0.0292 e. The van der Waals surface area contributed by atoms with Gasteiger partial charge in [-0.15, -0.1) is 11.8 Å². The quantitative estimate of drug-likeness (QED) is 0.880. The van der Waals surface area contributed by atoms with Gasteiger partial charge in [0.2, 0.25) is 0 Å². The number of thioether (sulfide) groups is 1. The fourth-order valence-corrected chi connectivity index (χ4v) is 4.28. The molecule has 1 N–H and O–H groups in total. The number of fused-ring (bicyclic) bond motifs is 1. The number of benzene rings is 1. The highest BCUT2D eigenvalue weighted by atomic mass is 32.2. The van der Waals surface area contributed by atoms with Crippen molar-refractivity contribution >= 4 is 11.8 Å². The lowest BCUT2D eigenvalue weighted by Gasteiger charge is -2.24. The minimum atomic E-state index is 0.518. The second-order valence-corrected chi connectivity index (χ2v) is 6.87. The Kier molecular flexibility index (Phi) is 4.94. The van der Waals surface area contributed by atoms with Gasteiger partial charge in [-0.2, -0.15) is 0 Å². The van der Waals surface area contributed by atoms with E-state index in [9.17, 15) is 0 Å². The molecule has 3 heteroatoms. The Hall–Kier alpha value is -1.32. The topological polar surface area (TPSA) is 24.9 Å². The molecular weight excluding hydrogens is 276 g/mol. The van der Waals surface area contributed by atoms with Crippen molar-refractivity contribution in [2.75, 3.05) is 6.54 Å². The predicted octanol–water partition coefficient (Wildman–Crippen LogP) is 3.71. The number of hydrogen-bond donors (Lipinski definition) is 1. The van der Waals surface area contributed by atoms with E-state index in [1.165, 1.54) is 28.9 Å². The molecule has 0 fully saturated rings. The van der Waals surface area contributed by atoms with E-state index in [4.69, 9.17) is 0 Å². The molecule has 2 aromatic rings. The molecule has 21 heavy (non-hydrogen) atoms. The van der Waals surface area contributed by atoms with Crippen molar-refractivity contribution in [1.82, 2.24) is 10.3 Å². The molecule has 1 aliphatic heterocycles. The molecule has 0 radical (unpaired) electrons. The lowest BCUT2D eigenvalue weighted by molar-refractivity contribution is 0.491. The summed E-state index contributed by atoms with van der Waals surface area (Å²) in [5.41, 5.74) is 2.88. The van der Waals surface area contributed by atoms with Crippen LogP contribution in [-0.2, 0) is 12.8 Å². The zero-order valence-electron chi connectivity index (χ0n) is 12.5. The van der Waals surface area contributed by atoms with Crippen LogP contribution in [0.4, 0.5) is 0 Å². The molecule has 2 nitrogen and oxygen atoms in total. The molecule has 0 aliphatic carbocycles. The van der Waals surface area contributed by atoms with Gasteiger partial charge in [0, 0.05) is 28.6 Å². The van der Waals surface area contributed by atoms with Gasteiger partial charge < -0.3 is 5.32 Å². The van der Waals surface area contributed by atoms with E-state index in [0.717, 1.165) is 13.0 Å². The summed E-state index contributed by atoms with van der Waals surface area (Å²) in [6.07, 6.45) is 7.21. The summed E-state index contributed by atoms with van der Waals surface area (Å²) in [6, 6.07) is 13.6. The summed E-state index contributed by atoms with van der Waals surface area (Å²) in [5, 5.41) is 4.38. The van der Waals surface area contributed by atoms with Gasteiger partial charge in [-0.25, -0.2) is 0 Å². The molecule has 0 saturated carbocycles. The van der Waals surface area contributed by atoms with Gasteiger partial charge in [0.15, 0.2) is 0 Å². The second kappa shape index (κ2) is 7.10. The third-order valence-corrected chi connectivity index (χ3v) is 5.43. The number of pyridine rings is 1. The fraction of sp³-hybridized carbons (Fsp3) is 0.389. The van der Waals surface area contributed by atoms with Crippen LogP contribution in [-0.4, -0.2) is 22.8 Å². The highest BCUT2D eigenvalue weighted by molar-refractivity contribution is 8.00. The Morgan fingerprint density at radius 3 is 2.81 bits per heavy atom. The van der Waals surface area contributed by atoms with Gasteiger partial charge in [-0.1, -0.05) is 25.1 Å². The van der Waals surface area contributed by atoms with Gasteiger partial charge in [-0.3, -0.25) is 4.98 Å². The summed E-state index contributed by atoms with van der Waals surface area (Å²) >= 11 is 2.04. The van der Waals surface area contributed by atoms with Crippen LogP contribution in [0.5, 0.6) is 0 Å². The van der Waals surface area contributed by atoms with Gasteiger partial charge in [-0.05, 0) is 55.1 Å². The molecule has 0 bridgehead atoms. The van der Waals surface area contributed by atoms with E-state index in [1.54, 1.807) is 0 Å². The first kappa shape index (κ1) is 14.6. The first-order valence-electron chi connectivity index (χ1n) is 7.73. The highest BCUT2D eigenvalue weighted by Crippen LogP contribution is 2.38. The second-order valence-electron chi connectivity index (χ2n) is 5.59. The minimum absolute atomic E-state index is 0.518. The molecule has 0 spiro atoms. The molecule has 3 rings (SSSR count). The average molecular weight is 298 g/mol. The summed E-state index contributed by atoms with van der Waals surface area (Å²) in [6.45, 7) is 3.32. The van der Waals surface area contributed by atoms with Crippen LogP contribution in [0, 0.1) is 0 Å². The standard InChI is InChI=1S/C18H22N2S/c1-2-9-20-16(12-14-7-10-19-11-8-14)18-13-15-5-3-4-6-17(15)21-18/h3-8,10-11,16,18,20H,2,9,12-13H2,1H3. The lowest BCUT2D eigenvalue weighted by atomic mass is 9.99. The van der Waals surface area contributed by atoms with Crippen LogP contribution in [0.1, 0.15) is 24.5 Å². The van der Waals surface area contributed by atoms with Crippen molar-refractivity contribution < 1.29 is 0 Å². The van der Waals surface area contributed by atoms with Gasteiger partial charge in [0.25, 0.3) is 0 Å². The molecule has 0 saturated heterocycles. The number of aromatic nitrogens is 1. The lowest BCUT2D eigenvalue weighted by Crippen LogP contribution is -2.40.